The smallest absolute Gasteiger partial charge is 0.322 e. The molecule has 0 aliphatic rings. The number of rotatable bonds is 14. The Bertz CT molecular complexity index is 920. The van der Waals surface area contributed by atoms with E-state index in [1.807, 2.05) is 5.32 Å². The average molecular weight is 481 g/mol. The Balaban J connectivity index is 2.90. The van der Waals surface area contributed by atoms with Crippen molar-refractivity contribution in [3.63, 3.8) is 0 Å². The van der Waals surface area contributed by atoms with Crippen LogP contribution in [-0.2, 0) is 35.2 Å². The van der Waals surface area contributed by atoms with Gasteiger partial charge in [0.1, 0.15) is 24.4 Å². The number of carboxylic acid groups (broad SMARTS) is 2. The van der Waals surface area contributed by atoms with Gasteiger partial charge in [-0.2, -0.15) is 0 Å². The van der Waals surface area contributed by atoms with Crippen LogP contribution in [-0.4, -0.2) is 75.6 Å². The third kappa shape index (κ3) is 10.4. The molecular formula is C20H27N5O9. The molecule has 34 heavy (non-hydrogen) atoms. The maximum Gasteiger partial charge on any atom is 0.322 e. The molecule has 0 fully saturated rings. The molecule has 0 aliphatic heterocycles. The van der Waals surface area contributed by atoms with Crippen LogP contribution in [0, 0.1) is 0 Å². The summed E-state index contributed by atoms with van der Waals surface area (Å²) in [5, 5.41) is 33.6. The summed E-state index contributed by atoms with van der Waals surface area (Å²) >= 11 is 0. The van der Waals surface area contributed by atoms with Crippen LogP contribution < -0.4 is 27.4 Å². The van der Waals surface area contributed by atoms with E-state index < -0.39 is 66.7 Å². The highest BCUT2D eigenvalue weighted by Gasteiger charge is 2.30. The van der Waals surface area contributed by atoms with Crippen LogP contribution in [0.5, 0.6) is 5.75 Å². The van der Waals surface area contributed by atoms with Crippen molar-refractivity contribution in [2.45, 2.75) is 43.8 Å². The zero-order valence-electron chi connectivity index (χ0n) is 18.0. The predicted octanol–water partition coefficient (Wildman–Crippen LogP) is -2.83. The topological polar surface area (TPSA) is 251 Å². The second kappa shape index (κ2) is 13.4. The molecule has 10 N–H and O–H groups in total. The van der Waals surface area contributed by atoms with Crippen molar-refractivity contribution >= 4 is 35.6 Å². The first-order valence-electron chi connectivity index (χ1n) is 10.0. The summed E-state index contributed by atoms with van der Waals surface area (Å²) in [7, 11) is 0. The van der Waals surface area contributed by atoms with Gasteiger partial charge >= 0.3 is 11.9 Å². The van der Waals surface area contributed by atoms with Gasteiger partial charge in [-0.1, -0.05) is 12.1 Å². The molecule has 0 saturated carbocycles. The number of aliphatic carboxylic acids is 2. The molecule has 3 atom stereocenters. The Morgan fingerprint density at radius 3 is 1.97 bits per heavy atom. The minimum absolute atomic E-state index is 0.0123. The second-order valence-corrected chi connectivity index (χ2v) is 7.31. The largest absolute Gasteiger partial charge is 0.508 e. The van der Waals surface area contributed by atoms with Gasteiger partial charge in [-0.15, -0.1) is 0 Å². The molecule has 0 aliphatic carbocycles. The fraction of sp³-hybridized carbons (Fsp3) is 0.400. The average Bonchev–Trinajstić information content (AvgIpc) is 2.75. The van der Waals surface area contributed by atoms with Crippen molar-refractivity contribution in [3.8, 4) is 5.75 Å². The minimum Gasteiger partial charge on any atom is -0.508 e. The molecule has 14 heteroatoms. The molecule has 0 spiro atoms. The Hall–Kier alpha value is -4.20. The van der Waals surface area contributed by atoms with E-state index in [0.29, 0.717) is 5.56 Å². The van der Waals surface area contributed by atoms with E-state index in [4.69, 9.17) is 21.7 Å². The van der Waals surface area contributed by atoms with Crippen LogP contribution in [0.4, 0.5) is 0 Å². The lowest BCUT2D eigenvalue weighted by Gasteiger charge is -2.23. The number of aromatic hydroxyl groups is 1. The molecular weight excluding hydrogens is 454 g/mol. The Kier molecular flexibility index (Phi) is 10.9. The zero-order chi connectivity index (χ0) is 25.8. The number of carbonyl (C=O) groups excluding carboxylic acids is 4. The molecule has 0 aromatic heterocycles. The molecule has 186 valence electrons. The van der Waals surface area contributed by atoms with Gasteiger partial charge in [0.2, 0.25) is 23.6 Å². The second-order valence-electron chi connectivity index (χ2n) is 7.31. The number of primary amides is 1. The number of carboxylic acids is 2. The fourth-order valence-corrected chi connectivity index (χ4v) is 2.75. The number of nitrogens with one attached hydrogen (secondary N) is 3. The number of phenols is 1. The van der Waals surface area contributed by atoms with E-state index in [1.165, 1.54) is 24.3 Å². The quantitative estimate of drug-likeness (QED) is 0.135. The van der Waals surface area contributed by atoms with Crippen molar-refractivity contribution < 1.29 is 44.1 Å². The number of hydrogen-bond acceptors (Lipinski definition) is 8. The molecule has 1 rings (SSSR count). The van der Waals surface area contributed by atoms with E-state index in [0.717, 1.165) is 0 Å². The maximum absolute atomic E-state index is 12.7. The number of phenolic OH excluding ortho intramolecular Hbond substituents is 1. The normalized spacial score (nSPS) is 13.1. The van der Waals surface area contributed by atoms with Crippen molar-refractivity contribution in [1.82, 2.24) is 16.0 Å². The molecule has 0 radical (unpaired) electrons. The summed E-state index contributed by atoms with van der Waals surface area (Å²) in [6.45, 7) is -0.761. The van der Waals surface area contributed by atoms with Gasteiger partial charge in [-0.25, -0.2) is 0 Å². The standard InChI is InChI=1S/C20H27N5O9/c21-12(7-10-1-3-11(26)4-2-10)18(32)25-14(8-16(28)29)20(34)24-13(5-6-15(22)27)19(33)23-9-17(30)31/h1-4,12-14,26H,5-9,21H2,(H2,22,27)(H,23,33)(H,24,34)(H,25,32)(H,28,29)(H,30,31). The lowest BCUT2D eigenvalue weighted by molar-refractivity contribution is -0.141. The number of amides is 4. The number of nitrogens with two attached hydrogens (primary N) is 2. The van der Waals surface area contributed by atoms with Crippen LogP contribution >= 0.6 is 0 Å². The van der Waals surface area contributed by atoms with Crippen molar-refractivity contribution in [1.29, 1.82) is 0 Å². The van der Waals surface area contributed by atoms with Crippen molar-refractivity contribution in [3.05, 3.63) is 29.8 Å². The summed E-state index contributed by atoms with van der Waals surface area (Å²) < 4.78 is 0. The summed E-state index contributed by atoms with van der Waals surface area (Å²) in [6.07, 6.45) is -1.45. The fourth-order valence-electron chi connectivity index (χ4n) is 2.75. The van der Waals surface area contributed by atoms with E-state index in [1.54, 1.807) is 0 Å². The monoisotopic (exact) mass is 481 g/mol. The third-order valence-corrected chi connectivity index (χ3v) is 4.47. The molecule has 0 heterocycles. The van der Waals surface area contributed by atoms with Gasteiger partial charge < -0.3 is 42.7 Å². The third-order valence-electron chi connectivity index (χ3n) is 4.47. The van der Waals surface area contributed by atoms with Gasteiger partial charge in [-0.05, 0) is 30.5 Å². The highest BCUT2D eigenvalue weighted by molar-refractivity contribution is 5.95. The van der Waals surface area contributed by atoms with Crippen LogP contribution in [0.3, 0.4) is 0 Å². The predicted molar refractivity (Wildman–Crippen MR) is 115 cm³/mol. The SMILES string of the molecule is NC(=O)CCC(NC(=O)C(CC(=O)O)NC(=O)C(N)Cc1ccc(O)cc1)C(=O)NCC(=O)O. The first-order valence-corrected chi connectivity index (χ1v) is 10.0. The van der Waals surface area contributed by atoms with Gasteiger partial charge in [0.25, 0.3) is 0 Å². The Morgan fingerprint density at radius 2 is 1.44 bits per heavy atom. The molecule has 0 saturated heterocycles. The molecule has 4 amide bonds. The van der Waals surface area contributed by atoms with E-state index in [-0.39, 0.29) is 25.0 Å². The van der Waals surface area contributed by atoms with Crippen molar-refractivity contribution in [2.24, 2.45) is 11.5 Å². The van der Waals surface area contributed by atoms with Gasteiger partial charge in [0, 0.05) is 6.42 Å². The van der Waals surface area contributed by atoms with E-state index in [2.05, 4.69) is 10.6 Å². The molecule has 1 aromatic rings. The summed E-state index contributed by atoms with van der Waals surface area (Å²) in [6, 6.07) is 1.63. The van der Waals surface area contributed by atoms with Crippen LogP contribution in [0.1, 0.15) is 24.8 Å². The van der Waals surface area contributed by atoms with Gasteiger partial charge in [0.15, 0.2) is 0 Å². The lowest BCUT2D eigenvalue weighted by atomic mass is 10.0. The van der Waals surface area contributed by atoms with Gasteiger partial charge in [-0.3, -0.25) is 28.8 Å². The summed E-state index contributed by atoms with van der Waals surface area (Å²) in [5.41, 5.74) is 11.5. The first-order chi connectivity index (χ1) is 15.9. The highest BCUT2D eigenvalue weighted by atomic mass is 16.4. The van der Waals surface area contributed by atoms with Crippen LogP contribution in [0.25, 0.3) is 0 Å². The number of carbonyl (C=O) groups is 6. The molecule has 1 aromatic carbocycles. The van der Waals surface area contributed by atoms with Crippen molar-refractivity contribution in [2.75, 3.05) is 6.54 Å². The Labute approximate surface area is 193 Å². The minimum atomic E-state index is -1.63. The molecule has 3 unspecified atom stereocenters. The van der Waals surface area contributed by atoms with Gasteiger partial charge in [0.05, 0.1) is 12.5 Å². The first kappa shape index (κ1) is 27.8. The molecule has 14 nitrogen and oxygen atoms in total. The molecule has 0 bridgehead atoms. The highest BCUT2D eigenvalue weighted by Crippen LogP contribution is 2.11. The maximum atomic E-state index is 12.7. The zero-order valence-corrected chi connectivity index (χ0v) is 18.0. The van der Waals surface area contributed by atoms with E-state index >= 15 is 0 Å². The summed E-state index contributed by atoms with van der Waals surface area (Å²) in [4.78, 5) is 70.3. The summed E-state index contributed by atoms with van der Waals surface area (Å²) in [5.74, 6) is -6.42. The number of hydrogen-bond donors (Lipinski definition) is 8. The lowest BCUT2D eigenvalue weighted by Crippen LogP contribution is -2.56. The van der Waals surface area contributed by atoms with E-state index in [9.17, 15) is 33.9 Å². The van der Waals surface area contributed by atoms with Crippen LogP contribution in [0.2, 0.25) is 0 Å². The number of benzene rings is 1. The van der Waals surface area contributed by atoms with Crippen LogP contribution in [0.15, 0.2) is 24.3 Å². The Morgan fingerprint density at radius 1 is 0.853 bits per heavy atom.